The number of nitrogens with zero attached hydrogens (tertiary/aromatic N) is 2. The molecule has 1 aliphatic rings. The molecule has 7 heteroatoms. The number of hydrogen-bond acceptors (Lipinski definition) is 6. The van der Waals surface area contributed by atoms with Gasteiger partial charge in [0.25, 0.3) is 0 Å². The fourth-order valence-electron chi connectivity index (χ4n) is 2.33. The van der Waals surface area contributed by atoms with E-state index in [1.165, 1.54) is 11.8 Å². The van der Waals surface area contributed by atoms with E-state index in [1.807, 2.05) is 42.5 Å². The van der Waals surface area contributed by atoms with Gasteiger partial charge in [-0.15, -0.1) is 5.10 Å². The van der Waals surface area contributed by atoms with Crippen LogP contribution in [-0.2, 0) is 4.79 Å². The van der Waals surface area contributed by atoms with E-state index in [0.29, 0.717) is 16.7 Å². The van der Waals surface area contributed by atoms with Gasteiger partial charge in [0, 0.05) is 11.6 Å². The number of amides is 1. The summed E-state index contributed by atoms with van der Waals surface area (Å²) in [5.74, 6) is 1.24. The third-order valence-electron chi connectivity index (χ3n) is 3.59. The molecule has 1 saturated heterocycles. The standard InChI is InChI=1S/C18H17N3O3S/c1-23-14-9-8-13(15(10-14)24-2)11-19-21-18-20-17(22)16(25-18)12-6-4-3-5-7-12/h3-11,16H,1-2H3,(H,20,21,22)/b19-11-/t16-/m1/s1. The summed E-state index contributed by atoms with van der Waals surface area (Å²) >= 11 is 1.35. The Hall–Kier alpha value is -2.80. The quantitative estimate of drug-likeness (QED) is 0.661. The lowest BCUT2D eigenvalue weighted by molar-refractivity contribution is -0.118. The Labute approximate surface area is 149 Å². The predicted molar refractivity (Wildman–Crippen MR) is 99.5 cm³/mol. The minimum absolute atomic E-state index is 0.0906. The monoisotopic (exact) mass is 355 g/mol. The van der Waals surface area contributed by atoms with Crippen LogP contribution in [0.2, 0.25) is 0 Å². The molecule has 128 valence electrons. The highest BCUT2D eigenvalue weighted by molar-refractivity contribution is 8.15. The van der Waals surface area contributed by atoms with Crippen LogP contribution in [0.1, 0.15) is 16.4 Å². The summed E-state index contributed by atoms with van der Waals surface area (Å²) in [7, 11) is 3.17. The van der Waals surface area contributed by atoms with E-state index in [2.05, 4.69) is 15.5 Å². The zero-order valence-electron chi connectivity index (χ0n) is 13.8. The highest BCUT2D eigenvalue weighted by Gasteiger charge is 2.31. The second-order valence-corrected chi connectivity index (χ2v) is 6.25. The first-order chi connectivity index (χ1) is 12.2. The van der Waals surface area contributed by atoms with E-state index in [-0.39, 0.29) is 11.2 Å². The van der Waals surface area contributed by atoms with Crippen molar-refractivity contribution in [2.24, 2.45) is 10.2 Å². The van der Waals surface area contributed by atoms with Crippen LogP contribution in [0.3, 0.4) is 0 Å². The molecule has 1 amide bonds. The van der Waals surface area contributed by atoms with Crippen molar-refractivity contribution in [1.82, 2.24) is 5.32 Å². The molecule has 0 radical (unpaired) electrons. The molecule has 0 saturated carbocycles. The van der Waals surface area contributed by atoms with Crippen molar-refractivity contribution in [1.29, 1.82) is 0 Å². The zero-order chi connectivity index (χ0) is 17.6. The molecular weight excluding hydrogens is 338 g/mol. The zero-order valence-corrected chi connectivity index (χ0v) is 14.6. The summed E-state index contributed by atoms with van der Waals surface area (Å²) in [4.78, 5) is 12.1. The van der Waals surface area contributed by atoms with Crippen molar-refractivity contribution in [3.63, 3.8) is 0 Å². The minimum Gasteiger partial charge on any atom is -0.497 e. The number of nitrogens with one attached hydrogen (secondary N) is 1. The number of hydrogen-bond donors (Lipinski definition) is 1. The fraction of sp³-hybridized carbons (Fsp3) is 0.167. The van der Waals surface area contributed by atoms with Crippen molar-refractivity contribution in [2.45, 2.75) is 5.25 Å². The van der Waals surface area contributed by atoms with Crippen LogP contribution in [0.4, 0.5) is 0 Å². The Kier molecular flexibility index (Phi) is 5.35. The minimum atomic E-state index is -0.300. The number of amidine groups is 1. The number of benzene rings is 2. The second kappa shape index (κ2) is 7.85. The van der Waals surface area contributed by atoms with Crippen LogP contribution >= 0.6 is 11.8 Å². The Morgan fingerprint density at radius 3 is 2.64 bits per heavy atom. The Morgan fingerprint density at radius 2 is 1.92 bits per heavy atom. The predicted octanol–water partition coefficient (Wildman–Crippen LogP) is 3.00. The SMILES string of the molecule is COc1ccc(/C=N\N=C2/NC(=O)[C@@H](c3ccccc3)S2)c(OC)c1. The molecule has 1 atom stereocenters. The Bertz CT molecular complexity index is 822. The van der Waals surface area contributed by atoms with Crippen LogP contribution in [0.25, 0.3) is 0 Å². The first-order valence-corrected chi connectivity index (χ1v) is 8.44. The summed E-state index contributed by atoms with van der Waals surface area (Å²) in [6.07, 6.45) is 1.58. The van der Waals surface area contributed by atoms with Crippen LogP contribution in [-0.4, -0.2) is 31.5 Å². The number of thioether (sulfide) groups is 1. The molecule has 1 N–H and O–H groups in total. The van der Waals surface area contributed by atoms with Gasteiger partial charge in [-0.1, -0.05) is 42.1 Å². The number of carbonyl (C=O) groups excluding carboxylic acids is 1. The molecule has 2 aromatic carbocycles. The van der Waals surface area contributed by atoms with Crippen molar-refractivity contribution >= 4 is 29.1 Å². The smallest absolute Gasteiger partial charge is 0.244 e. The summed E-state index contributed by atoms with van der Waals surface area (Å²) in [5, 5.41) is 11.1. The van der Waals surface area contributed by atoms with Crippen LogP contribution in [0.15, 0.2) is 58.7 Å². The van der Waals surface area contributed by atoms with E-state index < -0.39 is 0 Å². The third kappa shape index (κ3) is 4.00. The maximum atomic E-state index is 12.1. The molecule has 3 rings (SSSR count). The van der Waals surface area contributed by atoms with Gasteiger partial charge in [0.05, 0.1) is 20.4 Å². The van der Waals surface area contributed by atoms with Crippen molar-refractivity contribution in [3.8, 4) is 11.5 Å². The number of methoxy groups -OCH3 is 2. The summed E-state index contributed by atoms with van der Waals surface area (Å²) in [6, 6.07) is 15.0. The first-order valence-electron chi connectivity index (χ1n) is 7.57. The third-order valence-corrected chi connectivity index (χ3v) is 4.72. The van der Waals surface area contributed by atoms with Gasteiger partial charge in [-0.3, -0.25) is 4.79 Å². The topological polar surface area (TPSA) is 72.3 Å². The van der Waals surface area contributed by atoms with Crippen molar-refractivity contribution < 1.29 is 14.3 Å². The lowest BCUT2D eigenvalue weighted by Gasteiger charge is -2.06. The molecule has 1 heterocycles. The average molecular weight is 355 g/mol. The molecule has 2 aromatic rings. The van der Waals surface area contributed by atoms with E-state index >= 15 is 0 Å². The molecule has 1 fully saturated rings. The number of rotatable bonds is 5. The maximum Gasteiger partial charge on any atom is 0.244 e. The van der Waals surface area contributed by atoms with Gasteiger partial charge in [0.2, 0.25) is 5.91 Å². The first kappa shape index (κ1) is 17.0. The summed E-state index contributed by atoms with van der Waals surface area (Å²) in [6.45, 7) is 0. The van der Waals surface area contributed by atoms with Gasteiger partial charge >= 0.3 is 0 Å². The van der Waals surface area contributed by atoms with Crippen LogP contribution in [0, 0.1) is 0 Å². The van der Waals surface area contributed by atoms with Gasteiger partial charge < -0.3 is 14.8 Å². The summed E-state index contributed by atoms with van der Waals surface area (Å²) < 4.78 is 10.5. The van der Waals surface area contributed by atoms with Gasteiger partial charge in [-0.05, 0) is 17.7 Å². The van der Waals surface area contributed by atoms with E-state index in [4.69, 9.17) is 9.47 Å². The molecule has 25 heavy (non-hydrogen) atoms. The van der Waals surface area contributed by atoms with E-state index in [9.17, 15) is 4.79 Å². The summed E-state index contributed by atoms with van der Waals surface area (Å²) in [5.41, 5.74) is 1.71. The van der Waals surface area contributed by atoms with Gasteiger partial charge in [-0.25, -0.2) is 0 Å². The molecule has 0 unspecified atom stereocenters. The highest BCUT2D eigenvalue weighted by atomic mass is 32.2. The van der Waals surface area contributed by atoms with E-state index in [0.717, 1.165) is 11.1 Å². The molecule has 0 spiro atoms. The Balaban J connectivity index is 1.72. The molecule has 0 aromatic heterocycles. The highest BCUT2D eigenvalue weighted by Crippen LogP contribution is 2.34. The molecule has 1 aliphatic heterocycles. The number of carbonyl (C=O) groups is 1. The fourth-order valence-corrected chi connectivity index (χ4v) is 3.27. The second-order valence-electron chi connectivity index (χ2n) is 5.16. The lowest BCUT2D eigenvalue weighted by Crippen LogP contribution is -2.21. The largest absolute Gasteiger partial charge is 0.497 e. The molecule has 0 aliphatic carbocycles. The maximum absolute atomic E-state index is 12.1. The molecule has 0 bridgehead atoms. The Morgan fingerprint density at radius 1 is 1.12 bits per heavy atom. The van der Waals surface area contributed by atoms with Crippen LogP contribution in [0.5, 0.6) is 11.5 Å². The van der Waals surface area contributed by atoms with Gasteiger partial charge in [0.1, 0.15) is 16.7 Å². The number of ether oxygens (including phenoxy) is 2. The van der Waals surface area contributed by atoms with Crippen molar-refractivity contribution in [3.05, 3.63) is 59.7 Å². The molecule has 6 nitrogen and oxygen atoms in total. The van der Waals surface area contributed by atoms with Crippen molar-refractivity contribution in [2.75, 3.05) is 14.2 Å². The van der Waals surface area contributed by atoms with Crippen LogP contribution < -0.4 is 14.8 Å². The van der Waals surface area contributed by atoms with Gasteiger partial charge in [-0.2, -0.15) is 5.10 Å². The molecular formula is C18H17N3O3S. The van der Waals surface area contributed by atoms with E-state index in [1.54, 1.807) is 26.5 Å². The van der Waals surface area contributed by atoms with Gasteiger partial charge in [0.15, 0.2) is 5.17 Å². The average Bonchev–Trinajstić information content (AvgIpc) is 3.03. The normalized spacial score (nSPS) is 18.6. The lowest BCUT2D eigenvalue weighted by atomic mass is 10.1.